The Morgan fingerprint density at radius 3 is 2.58 bits per heavy atom. The highest BCUT2D eigenvalue weighted by atomic mass is 35.5. The highest BCUT2D eigenvalue weighted by molar-refractivity contribution is 7.89. The first-order valence-electron chi connectivity index (χ1n) is 10.6. The number of nitrogens with zero attached hydrogens (tertiary/aromatic N) is 3. The van der Waals surface area contributed by atoms with Crippen LogP contribution in [0.15, 0.2) is 46.0 Å². The molecule has 4 rings (SSSR count). The van der Waals surface area contributed by atoms with Gasteiger partial charge in [-0.1, -0.05) is 11.6 Å². The van der Waals surface area contributed by atoms with Crippen LogP contribution in [0.2, 0.25) is 5.15 Å². The van der Waals surface area contributed by atoms with Crippen molar-refractivity contribution in [2.24, 2.45) is 5.92 Å². The first-order valence-corrected chi connectivity index (χ1v) is 12.4. The predicted octanol–water partition coefficient (Wildman–Crippen LogP) is 2.68. The third-order valence-corrected chi connectivity index (χ3v) is 8.43. The number of nitrogens with one attached hydrogen (secondary N) is 1. The third-order valence-electron chi connectivity index (χ3n) is 6.09. The van der Waals surface area contributed by atoms with Crippen LogP contribution in [-0.2, 0) is 14.8 Å². The maximum Gasteiger partial charge on any atom is 0.246 e. The zero-order valence-corrected chi connectivity index (χ0v) is 18.8. The number of furan rings is 1. The fourth-order valence-corrected chi connectivity index (χ4v) is 6.24. The molecule has 2 fully saturated rings. The lowest BCUT2D eigenvalue weighted by Gasteiger charge is -2.31. The number of carbonyl (C=O) groups is 1. The van der Waals surface area contributed by atoms with E-state index >= 15 is 0 Å². The molecule has 10 heteroatoms. The lowest BCUT2D eigenvalue weighted by Crippen LogP contribution is -2.44. The second-order valence-electron chi connectivity index (χ2n) is 7.99. The van der Waals surface area contributed by atoms with E-state index in [4.69, 9.17) is 16.0 Å². The lowest BCUT2D eigenvalue weighted by atomic mass is 9.97. The van der Waals surface area contributed by atoms with Crippen molar-refractivity contribution in [3.05, 3.63) is 47.6 Å². The maximum atomic E-state index is 12.9. The van der Waals surface area contributed by atoms with Crippen LogP contribution in [0.5, 0.6) is 0 Å². The normalized spacial score (nSPS) is 20.0. The van der Waals surface area contributed by atoms with E-state index in [9.17, 15) is 13.2 Å². The van der Waals surface area contributed by atoms with Crippen molar-refractivity contribution in [3.8, 4) is 0 Å². The van der Waals surface area contributed by atoms with Gasteiger partial charge in [-0.05, 0) is 63.0 Å². The number of amides is 1. The Labute approximate surface area is 187 Å². The Balaban J connectivity index is 1.33. The minimum absolute atomic E-state index is 0.00599. The Morgan fingerprint density at radius 1 is 1.19 bits per heavy atom. The summed E-state index contributed by atoms with van der Waals surface area (Å²) in [7, 11) is -3.72. The summed E-state index contributed by atoms with van der Waals surface area (Å²) in [6.07, 6.45) is 6.36. The van der Waals surface area contributed by atoms with E-state index in [1.807, 2.05) is 12.1 Å². The molecule has 0 spiro atoms. The maximum absolute atomic E-state index is 12.9. The van der Waals surface area contributed by atoms with E-state index in [1.165, 1.54) is 16.6 Å². The number of rotatable bonds is 7. The molecule has 0 saturated carbocycles. The van der Waals surface area contributed by atoms with E-state index in [2.05, 4.69) is 15.2 Å². The van der Waals surface area contributed by atoms with Crippen LogP contribution in [0, 0.1) is 5.92 Å². The van der Waals surface area contributed by atoms with Crippen LogP contribution in [0.25, 0.3) is 0 Å². The average Bonchev–Trinajstić information content (AvgIpc) is 3.49. The molecule has 4 heterocycles. The van der Waals surface area contributed by atoms with Crippen LogP contribution in [-0.4, -0.2) is 61.2 Å². The van der Waals surface area contributed by atoms with Gasteiger partial charge in [0.05, 0.1) is 12.3 Å². The summed E-state index contributed by atoms with van der Waals surface area (Å²) >= 11 is 5.98. The van der Waals surface area contributed by atoms with Crippen LogP contribution in [0.3, 0.4) is 0 Å². The standard InChI is InChI=1S/C21H27ClN4O4S/c22-20-19(6-3-9-23-20)31(28,29)26-12-7-16(8-13-26)21(27)24-15-17(18-5-4-14-30-18)25-10-1-2-11-25/h3-6,9,14,16-17H,1-2,7-8,10-13,15H2,(H,24,27). The van der Waals surface area contributed by atoms with Crippen molar-refractivity contribution in [2.75, 3.05) is 32.7 Å². The number of pyridine rings is 1. The molecule has 1 N–H and O–H groups in total. The molecule has 0 radical (unpaired) electrons. The van der Waals surface area contributed by atoms with Crippen LogP contribution < -0.4 is 5.32 Å². The molecule has 2 saturated heterocycles. The number of piperidine rings is 1. The van der Waals surface area contributed by atoms with Gasteiger partial charge in [-0.25, -0.2) is 13.4 Å². The summed E-state index contributed by atoms with van der Waals surface area (Å²) in [6, 6.07) is 6.84. The smallest absolute Gasteiger partial charge is 0.246 e. The first-order chi connectivity index (χ1) is 15.0. The molecule has 1 atom stereocenters. The third kappa shape index (κ3) is 4.95. The summed E-state index contributed by atoms with van der Waals surface area (Å²) in [4.78, 5) is 19.0. The van der Waals surface area contributed by atoms with Crippen molar-refractivity contribution in [3.63, 3.8) is 0 Å². The van der Waals surface area contributed by atoms with Gasteiger partial charge in [-0.2, -0.15) is 4.31 Å². The summed E-state index contributed by atoms with van der Waals surface area (Å²) in [6.45, 7) is 3.03. The quantitative estimate of drug-likeness (QED) is 0.630. The molecule has 0 aromatic carbocycles. The van der Waals surface area contributed by atoms with Crippen LogP contribution in [0.4, 0.5) is 0 Å². The Kier molecular flexibility index (Phi) is 6.95. The summed E-state index contributed by atoms with van der Waals surface area (Å²) in [5.41, 5.74) is 0. The highest BCUT2D eigenvalue weighted by Gasteiger charge is 2.34. The molecule has 1 amide bonds. The second-order valence-corrected chi connectivity index (χ2v) is 10.3. The molecular formula is C21H27ClN4O4S. The largest absolute Gasteiger partial charge is 0.468 e. The Hall–Kier alpha value is -1.94. The van der Waals surface area contributed by atoms with Gasteiger partial charge in [0.2, 0.25) is 15.9 Å². The molecule has 2 aromatic heterocycles. The second kappa shape index (κ2) is 9.68. The van der Waals surface area contributed by atoms with E-state index in [-0.39, 0.29) is 41.0 Å². The molecule has 0 aliphatic carbocycles. The minimum Gasteiger partial charge on any atom is -0.468 e. The molecule has 2 aliphatic rings. The molecular weight excluding hydrogens is 440 g/mol. The van der Waals surface area contributed by atoms with Crippen molar-refractivity contribution in [1.29, 1.82) is 0 Å². The number of sulfonamides is 1. The fraction of sp³-hybridized carbons (Fsp3) is 0.524. The van der Waals surface area contributed by atoms with E-state index in [1.54, 1.807) is 12.3 Å². The summed E-state index contributed by atoms with van der Waals surface area (Å²) in [5, 5.41) is 3.04. The predicted molar refractivity (Wildman–Crippen MR) is 116 cm³/mol. The molecule has 0 bridgehead atoms. The molecule has 168 valence electrons. The number of hydrogen-bond donors (Lipinski definition) is 1. The van der Waals surface area contributed by atoms with Gasteiger partial charge < -0.3 is 9.73 Å². The molecule has 31 heavy (non-hydrogen) atoms. The van der Waals surface area contributed by atoms with Crippen molar-refractivity contribution >= 4 is 27.5 Å². The number of halogens is 1. The molecule has 1 unspecified atom stereocenters. The van der Waals surface area contributed by atoms with Crippen molar-refractivity contribution in [1.82, 2.24) is 19.5 Å². The number of hydrogen-bond acceptors (Lipinski definition) is 6. The summed E-state index contributed by atoms with van der Waals surface area (Å²) < 4.78 is 32.7. The highest BCUT2D eigenvalue weighted by Crippen LogP contribution is 2.28. The van der Waals surface area contributed by atoms with Crippen molar-refractivity contribution < 1.29 is 17.6 Å². The first kappa shape index (κ1) is 22.3. The van der Waals surface area contributed by atoms with Gasteiger partial charge >= 0.3 is 0 Å². The Bertz CT molecular complexity index is 985. The van der Waals surface area contributed by atoms with Crippen LogP contribution >= 0.6 is 11.6 Å². The topological polar surface area (TPSA) is 95.8 Å². The SMILES string of the molecule is O=C(NCC(c1ccco1)N1CCCC1)C1CCN(S(=O)(=O)c2cccnc2Cl)CC1. The minimum atomic E-state index is -3.72. The number of carbonyl (C=O) groups excluding carboxylic acids is 1. The average molecular weight is 467 g/mol. The van der Waals surface area contributed by atoms with Gasteiger partial charge in [0.1, 0.15) is 15.8 Å². The van der Waals surface area contributed by atoms with Gasteiger partial charge in [-0.15, -0.1) is 0 Å². The van der Waals surface area contributed by atoms with Gasteiger partial charge in [0.15, 0.2) is 0 Å². The molecule has 8 nitrogen and oxygen atoms in total. The van der Waals surface area contributed by atoms with E-state index in [0.717, 1.165) is 31.7 Å². The number of likely N-dealkylation sites (tertiary alicyclic amines) is 1. The number of aromatic nitrogens is 1. The summed E-state index contributed by atoms with van der Waals surface area (Å²) in [5.74, 6) is 0.607. The monoisotopic (exact) mass is 466 g/mol. The Morgan fingerprint density at radius 2 is 1.94 bits per heavy atom. The van der Waals surface area contributed by atoms with Gasteiger partial charge in [0, 0.05) is 31.7 Å². The van der Waals surface area contributed by atoms with Gasteiger partial charge in [0.25, 0.3) is 0 Å². The zero-order chi connectivity index (χ0) is 21.8. The fourth-order valence-electron chi connectivity index (χ4n) is 4.35. The molecule has 2 aromatic rings. The van der Waals surface area contributed by atoms with E-state index in [0.29, 0.717) is 19.4 Å². The lowest BCUT2D eigenvalue weighted by molar-refractivity contribution is -0.126. The zero-order valence-electron chi connectivity index (χ0n) is 17.2. The van der Waals surface area contributed by atoms with E-state index < -0.39 is 10.0 Å². The molecule has 2 aliphatic heterocycles. The van der Waals surface area contributed by atoms with Crippen LogP contribution in [0.1, 0.15) is 37.5 Å². The van der Waals surface area contributed by atoms with Crippen molar-refractivity contribution in [2.45, 2.75) is 36.6 Å². The van der Waals surface area contributed by atoms with Gasteiger partial charge in [-0.3, -0.25) is 9.69 Å².